The van der Waals surface area contributed by atoms with Crippen molar-refractivity contribution >= 4 is 11.8 Å². The molecule has 2 rings (SSSR count). The number of carboxylic acids is 1. The van der Waals surface area contributed by atoms with Crippen LogP contribution in [0.5, 0.6) is 0 Å². The van der Waals surface area contributed by atoms with E-state index in [1.165, 1.54) is 6.07 Å². The molecule has 0 atom stereocenters. The Morgan fingerprint density at radius 1 is 1.55 bits per heavy atom. The number of aryl methyl sites for hydroxylation is 2. The van der Waals surface area contributed by atoms with Crippen LogP contribution in [0.25, 0.3) is 0 Å². The summed E-state index contributed by atoms with van der Waals surface area (Å²) in [6, 6.07) is 5.30. The fourth-order valence-electron chi connectivity index (χ4n) is 1.85. The quantitative estimate of drug-likeness (QED) is 0.886. The van der Waals surface area contributed by atoms with Gasteiger partial charge in [0.05, 0.1) is 12.1 Å². The van der Waals surface area contributed by atoms with Crippen LogP contribution in [-0.4, -0.2) is 16.1 Å². The number of hydrogen-bond acceptors (Lipinski definition) is 5. The monoisotopic (exact) mass is 271 g/mol. The maximum Gasteiger partial charge on any atom is 0.339 e. The first-order valence-corrected chi connectivity index (χ1v) is 5.95. The van der Waals surface area contributed by atoms with Crippen LogP contribution in [0, 0.1) is 25.2 Å². The Morgan fingerprint density at radius 2 is 2.30 bits per heavy atom. The first-order chi connectivity index (χ1) is 9.52. The topological polar surface area (TPSA) is 99.2 Å². The first kappa shape index (κ1) is 13.6. The van der Waals surface area contributed by atoms with Gasteiger partial charge in [0, 0.05) is 6.20 Å². The van der Waals surface area contributed by atoms with E-state index < -0.39 is 5.97 Å². The number of furan rings is 1. The van der Waals surface area contributed by atoms with Crippen LogP contribution in [0.4, 0.5) is 5.82 Å². The summed E-state index contributed by atoms with van der Waals surface area (Å²) < 4.78 is 5.35. The average molecular weight is 271 g/mol. The molecule has 20 heavy (non-hydrogen) atoms. The Morgan fingerprint density at radius 3 is 2.90 bits per heavy atom. The van der Waals surface area contributed by atoms with Crippen molar-refractivity contribution in [3.63, 3.8) is 0 Å². The summed E-state index contributed by atoms with van der Waals surface area (Å²) >= 11 is 0. The lowest BCUT2D eigenvalue weighted by atomic mass is 10.1. The Bertz CT molecular complexity index is 698. The van der Waals surface area contributed by atoms with Crippen LogP contribution in [0.2, 0.25) is 0 Å². The molecule has 2 heterocycles. The minimum absolute atomic E-state index is 0.138. The van der Waals surface area contributed by atoms with Gasteiger partial charge in [-0.15, -0.1) is 0 Å². The third-order valence-electron chi connectivity index (χ3n) is 2.90. The molecule has 0 saturated carbocycles. The molecule has 0 aliphatic heterocycles. The Balaban J connectivity index is 2.18. The molecule has 6 heteroatoms. The van der Waals surface area contributed by atoms with Crippen molar-refractivity contribution in [3.05, 3.63) is 46.5 Å². The molecule has 2 aromatic heterocycles. The maximum absolute atomic E-state index is 10.9. The molecule has 0 radical (unpaired) electrons. The summed E-state index contributed by atoms with van der Waals surface area (Å²) in [5.74, 6) is 0.265. The number of pyridine rings is 1. The smallest absolute Gasteiger partial charge is 0.339 e. The van der Waals surface area contributed by atoms with Crippen molar-refractivity contribution in [1.29, 1.82) is 5.26 Å². The van der Waals surface area contributed by atoms with Crippen LogP contribution in [0.3, 0.4) is 0 Å². The van der Waals surface area contributed by atoms with Crippen LogP contribution in [-0.2, 0) is 6.54 Å². The molecular weight excluding hydrogens is 258 g/mol. The number of aromatic nitrogens is 1. The van der Waals surface area contributed by atoms with Crippen LogP contribution in [0.15, 0.2) is 22.7 Å². The van der Waals surface area contributed by atoms with E-state index in [0.29, 0.717) is 22.9 Å². The first-order valence-electron chi connectivity index (χ1n) is 5.95. The molecule has 0 aliphatic rings. The molecule has 0 amide bonds. The molecule has 102 valence electrons. The molecule has 0 aliphatic carbocycles. The molecule has 0 fully saturated rings. The SMILES string of the molecule is Cc1ccnc(NCc2cc(C(=O)O)c(C)o2)c1C#N. The summed E-state index contributed by atoms with van der Waals surface area (Å²) in [7, 11) is 0. The summed E-state index contributed by atoms with van der Waals surface area (Å²) in [5, 5.41) is 21.0. The predicted molar refractivity (Wildman–Crippen MR) is 71.4 cm³/mol. The zero-order valence-corrected chi connectivity index (χ0v) is 11.1. The molecule has 0 unspecified atom stereocenters. The largest absolute Gasteiger partial charge is 0.478 e. The van der Waals surface area contributed by atoms with Gasteiger partial charge in [0.2, 0.25) is 0 Å². The van der Waals surface area contributed by atoms with Gasteiger partial charge in [0.25, 0.3) is 0 Å². The molecule has 0 aromatic carbocycles. The van der Waals surface area contributed by atoms with Gasteiger partial charge in [0.15, 0.2) is 0 Å². The van der Waals surface area contributed by atoms with Gasteiger partial charge >= 0.3 is 5.97 Å². The number of nitriles is 1. The van der Waals surface area contributed by atoms with E-state index in [2.05, 4.69) is 16.4 Å². The second-order valence-electron chi connectivity index (χ2n) is 4.30. The van der Waals surface area contributed by atoms with Gasteiger partial charge in [-0.2, -0.15) is 5.26 Å². The Kier molecular flexibility index (Phi) is 3.71. The normalized spacial score (nSPS) is 10.1. The highest BCUT2D eigenvalue weighted by Crippen LogP contribution is 2.18. The zero-order valence-electron chi connectivity index (χ0n) is 11.1. The molecule has 0 saturated heterocycles. The standard InChI is InChI=1S/C14H13N3O3/c1-8-3-4-16-13(12(8)6-15)17-7-10-5-11(14(18)19)9(2)20-10/h3-5H,7H2,1-2H3,(H,16,17)(H,18,19). The maximum atomic E-state index is 10.9. The van der Waals surface area contributed by atoms with Gasteiger partial charge < -0.3 is 14.8 Å². The van der Waals surface area contributed by atoms with E-state index in [1.54, 1.807) is 19.2 Å². The van der Waals surface area contributed by atoms with E-state index in [9.17, 15) is 4.79 Å². The van der Waals surface area contributed by atoms with Gasteiger partial charge in [-0.05, 0) is 31.5 Å². The van der Waals surface area contributed by atoms with Crippen LogP contribution in [0.1, 0.15) is 33.0 Å². The lowest BCUT2D eigenvalue weighted by Gasteiger charge is -2.06. The number of carbonyl (C=O) groups is 1. The van der Waals surface area contributed by atoms with E-state index in [0.717, 1.165) is 5.56 Å². The van der Waals surface area contributed by atoms with Crippen LogP contribution >= 0.6 is 0 Å². The Hall–Kier alpha value is -2.81. The predicted octanol–water partition coefficient (Wildman–Crippen LogP) is 2.47. The minimum atomic E-state index is -1.02. The third kappa shape index (κ3) is 2.62. The molecule has 2 N–H and O–H groups in total. The fraction of sp³-hybridized carbons (Fsp3) is 0.214. The van der Waals surface area contributed by atoms with Crippen molar-refractivity contribution in [3.8, 4) is 6.07 Å². The van der Waals surface area contributed by atoms with Crippen molar-refractivity contribution in [1.82, 2.24) is 4.98 Å². The highest BCUT2D eigenvalue weighted by Gasteiger charge is 2.14. The Labute approximate surface area is 115 Å². The lowest BCUT2D eigenvalue weighted by molar-refractivity contribution is 0.0695. The molecule has 6 nitrogen and oxygen atoms in total. The lowest BCUT2D eigenvalue weighted by Crippen LogP contribution is -2.03. The molecular formula is C14H13N3O3. The summed E-state index contributed by atoms with van der Waals surface area (Å²) in [6.45, 7) is 3.68. The minimum Gasteiger partial charge on any atom is -0.478 e. The average Bonchev–Trinajstić information content (AvgIpc) is 2.78. The van der Waals surface area contributed by atoms with Crippen molar-refractivity contribution in [2.45, 2.75) is 20.4 Å². The number of hydrogen-bond donors (Lipinski definition) is 2. The number of aromatic carboxylic acids is 1. The zero-order chi connectivity index (χ0) is 14.7. The molecule has 0 spiro atoms. The second kappa shape index (κ2) is 5.45. The third-order valence-corrected chi connectivity index (χ3v) is 2.90. The summed E-state index contributed by atoms with van der Waals surface area (Å²) in [6.07, 6.45) is 1.61. The van der Waals surface area contributed by atoms with Crippen molar-refractivity contribution in [2.24, 2.45) is 0 Å². The molecule has 0 bridgehead atoms. The van der Waals surface area contributed by atoms with Crippen molar-refractivity contribution < 1.29 is 14.3 Å². The van der Waals surface area contributed by atoms with E-state index in [4.69, 9.17) is 14.8 Å². The number of nitrogens with one attached hydrogen (secondary N) is 1. The van der Waals surface area contributed by atoms with Gasteiger partial charge in [-0.1, -0.05) is 0 Å². The number of carboxylic acid groups (broad SMARTS) is 1. The highest BCUT2D eigenvalue weighted by molar-refractivity contribution is 5.88. The van der Waals surface area contributed by atoms with Gasteiger partial charge in [-0.3, -0.25) is 0 Å². The second-order valence-corrected chi connectivity index (χ2v) is 4.30. The summed E-state index contributed by atoms with van der Waals surface area (Å²) in [4.78, 5) is 15.0. The summed E-state index contributed by atoms with van der Waals surface area (Å²) in [5.41, 5.74) is 1.43. The number of anilines is 1. The van der Waals surface area contributed by atoms with E-state index in [-0.39, 0.29) is 12.1 Å². The van der Waals surface area contributed by atoms with E-state index in [1.807, 2.05) is 6.92 Å². The van der Waals surface area contributed by atoms with Crippen LogP contribution < -0.4 is 5.32 Å². The van der Waals surface area contributed by atoms with Gasteiger partial charge in [-0.25, -0.2) is 9.78 Å². The molecule has 2 aromatic rings. The fourth-order valence-corrected chi connectivity index (χ4v) is 1.85. The highest BCUT2D eigenvalue weighted by atomic mass is 16.4. The van der Waals surface area contributed by atoms with E-state index >= 15 is 0 Å². The number of nitrogens with zero attached hydrogens (tertiary/aromatic N) is 2. The van der Waals surface area contributed by atoms with Crippen molar-refractivity contribution in [2.75, 3.05) is 5.32 Å². The van der Waals surface area contributed by atoms with Gasteiger partial charge in [0.1, 0.15) is 29.0 Å². The number of rotatable bonds is 4.